The molecule has 0 N–H and O–H groups in total. The molecule has 0 saturated heterocycles. The fraction of sp³-hybridized carbons (Fsp3) is 0.600. The molecule has 0 fully saturated rings. The molecule has 4 rings (SSSR count). The van der Waals surface area contributed by atoms with E-state index in [4.69, 9.17) is 0 Å². The van der Waals surface area contributed by atoms with Crippen LogP contribution in [0.1, 0.15) is 64.2 Å². The second-order valence-electron chi connectivity index (χ2n) is 7.02. The van der Waals surface area contributed by atoms with Gasteiger partial charge in [-0.2, -0.15) is 0 Å². The van der Waals surface area contributed by atoms with Crippen LogP contribution in [0.4, 0.5) is 0 Å². The van der Waals surface area contributed by atoms with Gasteiger partial charge in [-0.1, -0.05) is 35.5 Å². The lowest BCUT2D eigenvalue weighted by atomic mass is 9.82. The number of rotatable bonds is 3. The van der Waals surface area contributed by atoms with Crippen molar-refractivity contribution in [1.29, 1.82) is 0 Å². The SMILES string of the molecule is C1=CC(CCC2C=CC3=C2CCCC3)C2=C1CCCC2. The second kappa shape index (κ2) is 5.39. The Balaban J connectivity index is 1.40. The van der Waals surface area contributed by atoms with Crippen LogP contribution in [0.2, 0.25) is 0 Å². The monoisotopic (exact) mass is 266 g/mol. The molecule has 0 heterocycles. The first-order valence-electron chi connectivity index (χ1n) is 8.72. The Morgan fingerprint density at radius 2 is 1.10 bits per heavy atom. The van der Waals surface area contributed by atoms with E-state index in [1.807, 2.05) is 0 Å². The molecule has 0 radical (unpaired) electrons. The van der Waals surface area contributed by atoms with Crippen LogP contribution in [0.25, 0.3) is 0 Å². The fourth-order valence-electron chi connectivity index (χ4n) is 4.73. The third kappa shape index (κ3) is 2.24. The van der Waals surface area contributed by atoms with Crippen LogP contribution in [-0.2, 0) is 0 Å². The van der Waals surface area contributed by atoms with E-state index in [1.165, 1.54) is 64.2 Å². The maximum atomic E-state index is 2.50. The quantitative estimate of drug-likeness (QED) is 0.598. The predicted molar refractivity (Wildman–Crippen MR) is 85.5 cm³/mol. The van der Waals surface area contributed by atoms with Crippen LogP contribution in [0.15, 0.2) is 46.6 Å². The van der Waals surface area contributed by atoms with Gasteiger partial charge in [0.1, 0.15) is 0 Å². The molecule has 2 atom stereocenters. The Labute approximate surface area is 123 Å². The summed E-state index contributed by atoms with van der Waals surface area (Å²) >= 11 is 0. The molecule has 0 bridgehead atoms. The van der Waals surface area contributed by atoms with Gasteiger partial charge in [0.2, 0.25) is 0 Å². The minimum Gasteiger partial charge on any atom is -0.0771 e. The standard InChI is InChI=1S/C20H26/c1-3-7-19-15(5-1)9-11-17(19)13-14-18-12-10-16-6-2-4-8-20(16)18/h9-12,17-18H,1-8,13-14H2. The highest BCUT2D eigenvalue weighted by Crippen LogP contribution is 2.42. The molecule has 20 heavy (non-hydrogen) atoms. The van der Waals surface area contributed by atoms with E-state index in [0.717, 1.165) is 11.8 Å². The molecule has 4 aliphatic carbocycles. The van der Waals surface area contributed by atoms with Crippen LogP contribution in [0, 0.1) is 11.8 Å². The molecular weight excluding hydrogens is 240 g/mol. The summed E-state index contributed by atoms with van der Waals surface area (Å²) in [5, 5.41) is 0. The van der Waals surface area contributed by atoms with Crippen LogP contribution in [0.5, 0.6) is 0 Å². The van der Waals surface area contributed by atoms with Crippen molar-refractivity contribution in [3.05, 3.63) is 46.6 Å². The van der Waals surface area contributed by atoms with Crippen molar-refractivity contribution >= 4 is 0 Å². The van der Waals surface area contributed by atoms with Crippen LogP contribution < -0.4 is 0 Å². The molecule has 0 aromatic rings. The largest absolute Gasteiger partial charge is 0.0771 e. The zero-order valence-corrected chi connectivity index (χ0v) is 12.5. The third-order valence-corrected chi connectivity index (χ3v) is 5.85. The summed E-state index contributed by atoms with van der Waals surface area (Å²) < 4.78 is 0. The normalized spacial score (nSPS) is 32.0. The summed E-state index contributed by atoms with van der Waals surface area (Å²) in [5.74, 6) is 1.57. The van der Waals surface area contributed by atoms with Crippen LogP contribution in [-0.4, -0.2) is 0 Å². The summed E-state index contributed by atoms with van der Waals surface area (Å²) in [4.78, 5) is 0. The van der Waals surface area contributed by atoms with Gasteiger partial charge in [-0.15, -0.1) is 0 Å². The van der Waals surface area contributed by atoms with Gasteiger partial charge in [-0.3, -0.25) is 0 Å². The maximum absolute atomic E-state index is 2.50. The number of hydrogen-bond acceptors (Lipinski definition) is 0. The van der Waals surface area contributed by atoms with Crippen LogP contribution >= 0.6 is 0 Å². The first kappa shape index (κ1) is 12.7. The van der Waals surface area contributed by atoms with Crippen molar-refractivity contribution in [2.24, 2.45) is 11.8 Å². The zero-order valence-electron chi connectivity index (χ0n) is 12.5. The van der Waals surface area contributed by atoms with Gasteiger partial charge in [0.25, 0.3) is 0 Å². The van der Waals surface area contributed by atoms with Crippen molar-refractivity contribution in [3.8, 4) is 0 Å². The smallest absolute Gasteiger partial charge is 0.00139 e. The molecule has 0 saturated carbocycles. The Bertz CT molecular complexity index is 464. The van der Waals surface area contributed by atoms with Crippen molar-refractivity contribution in [3.63, 3.8) is 0 Å². The van der Waals surface area contributed by atoms with Crippen molar-refractivity contribution in [2.45, 2.75) is 64.2 Å². The Morgan fingerprint density at radius 3 is 1.60 bits per heavy atom. The lowest BCUT2D eigenvalue weighted by molar-refractivity contribution is 0.521. The molecule has 0 amide bonds. The van der Waals surface area contributed by atoms with E-state index < -0.39 is 0 Å². The topological polar surface area (TPSA) is 0 Å². The molecule has 0 nitrogen and oxygen atoms in total. The second-order valence-corrected chi connectivity index (χ2v) is 7.02. The Kier molecular flexibility index (Phi) is 3.42. The van der Waals surface area contributed by atoms with Gasteiger partial charge in [0, 0.05) is 0 Å². The highest BCUT2D eigenvalue weighted by Gasteiger charge is 2.26. The van der Waals surface area contributed by atoms with Crippen LogP contribution in [0.3, 0.4) is 0 Å². The predicted octanol–water partition coefficient (Wildman–Crippen LogP) is 5.88. The molecule has 0 spiro atoms. The lowest BCUT2D eigenvalue weighted by Crippen LogP contribution is -2.08. The van der Waals surface area contributed by atoms with Gasteiger partial charge in [0.15, 0.2) is 0 Å². The molecule has 0 heteroatoms. The van der Waals surface area contributed by atoms with E-state index >= 15 is 0 Å². The average molecular weight is 266 g/mol. The number of hydrogen-bond donors (Lipinski definition) is 0. The van der Waals surface area contributed by atoms with E-state index in [0.29, 0.717) is 0 Å². The molecular formula is C20H26. The Morgan fingerprint density at radius 1 is 0.650 bits per heavy atom. The molecule has 2 unspecified atom stereocenters. The van der Waals surface area contributed by atoms with Crippen molar-refractivity contribution in [1.82, 2.24) is 0 Å². The number of allylic oxidation sites excluding steroid dienone is 8. The summed E-state index contributed by atoms with van der Waals surface area (Å²) in [5.41, 5.74) is 6.99. The lowest BCUT2D eigenvalue weighted by Gasteiger charge is -2.23. The summed E-state index contributed by atoms with van der Waals surface area (Å²) in [7, 11) is 0. The molecule has 0 aliphatic heterocycles. The first-order valence-corrected chi connectivity index (χ1v) is 8.72. The fourth-order valence-corrected chi connectivity index (χ4v) is 4.73. The zero-order chi connectivity index (χ0) is 13.4. The van der Waals surface area contributed by atoms with Crippen molar-refractivity contribution in [2.75, 3.05) is 0 Å². The van der Waals surface area contributed by atoms with E-state index in [2.05, 4.69) is 24.3 Å². The van der Waals surface area contributed by atoms with E-state index in [-0.39, 0.29) is 0 Å². The van der Waals surface area contributed by atoms with E-state index in [1.54, 1.807) is 22.3 Å². The van der Waals surface area contributed by atoms with E-state index in [9.17, 15) is 0 Å². The van der Waals surface area contributed by atoms with Crippen molar-refractivity contribution < 1.29 is 0 Å². The maximum Gasteiger partial charge on any atom is -0.00139 e. The highest BCUT2D eigenvalue weighted by molar-refractivity contribution is 5.40. The van der Waals surface area contributed by atoms with Gasteiger partial charge in [0.05, 0.1) is 0 Å². The van der Waals surface area contributed by atoms with Gasteiger partial charge >= 0.3 is 0 Å². The summed E-state index contributed by atoms with van der Waals surface area (Å²) in [6.45, 7) is 0. The molecule has 0 aromatic carbocycles. The molecule has 4 aliphatic rings. The average Bonchev–Trinajstić information content (AvgIpc) is 3.09. The minimum atomic E-state index is 0.784. The molecule has 106 valence electrons. The Hall–Kier alpha value is -1.04. The van der Waals surface area contributed by atoms with Gasteiger partial charge in [-0.05, 0) is 87.2 Å². The van der Waals surface area contributed by atoms with Gasteiger partial charge in [-0.25, -0.2) is 0 Å². The summed E-state index contributed by atoms with van der Waals surface area (Å²) in [6, 6.07) is 0. The highest BCUT2D eigenvalue weighted by atomic mass is 14.3. The first-order chi connectivity index (χ1) is 9.92. The summed E-state index contributed by atoms with van der Waals surface area (Å²) in [6.07, 6.45) is 23.8. The molecule has 0 aromatic heterocycles. The third-order valence-electron chi connectivity index (χ3n) is 5.85. The minimum absolute atomic E-state index is 0.784. The van der Waals surface area contributed by atoms with Gasteiger partial charge < -0.3 is 0 Å².